The molecule has 1 aromatic heterocycles. The van der Waals surface area contributed by atoms with E-state index in [1.54, 1.807) is 22.5 Å². The molecule has 2 rings (SSSR count). The number of thioether (sulfide) groups is 1. The third-order valence-corrected chi connectivity index (χ3v) is 3.39. The van der Waals surface area contributed by atoms with E-state index in [9.17, 15) is 0 Å². The molecule has 2 aromatic rings. The molecule has 0 atom stereocenters. The molecule has 0 aliphatic rings. The summed E-state index contributed by atoms with van der Waals surface area (Å²) in [6, 6.07) is 7.98. The van der Waals surface area contributed by atoms with Gasteiger partial charge in [-0.05, 0) is 29.0 Å². The number of allylic oxidation sites excluding steroid dienone is 1. The van der Waals surface area contributed by atoms with Crippen LogP contribution in [0.3, 0.4) is 0 Å². The molecule has 0 saturated carbocycles. The van der Waals surface area contributed by atoms with Crippen LogP contribution in [0, 0.1) is 6.92 Å². The average Bonchev–Trinajstić information content (AvgIpc) is 2.85. The number of ether oxygens (including phenoxy) is 1. The Morgan fingerprint density at radius 2 is 2.26 bits per heavy atom. The minimum atomic E-state index is 0.619. The van der Waals surface area contributed by atoms with Crippen LogP contribution in [-0.4, -0.2) is 32.6 Å². The molecular weight excluding hydrogens is 260 g/mol. The summed E-state index contributed by atoms with van der Waals surface area (Å²) in [5.74, 6) is 1.72. The molecule has 0 N–H and O–H groups in total. The van der Waals surface area contributed by atoms with Crippen molar-refractivity contribution < 1.29 is 4.74 Å². The van der Waals surface area contributed by atoms with Crippen molar-refractivity contribution in [2.75, 3.05) is 12.4 Å². The maximum absolute atomic E-state index is 5.72. The van der Waals surface area contributed by atoms with Crippen LogP contribution in [0.2, 0.25) is 0 Å². The summed E-state index contributed by atoms with van der Waals surface area (Å²) in [4.78, 5) is 0. The summed E-state index contributed by atoms with van der Waals surface area (Å²) < 4.78 is 7.43. The summed E-state index contributed by atoms with van der Waals surface area (Å²) in [7, 11) is 0. The summed E-state index contributed by atoms with van der Waals surface area (Å²) in [6.07, 6.45) is 1.77. The summed E-state index contributed by atoms with van der Waals surface area (Å²) in [5, 5.41) is 12.3. The normalized spacial score (nSPS) is 10.4. The van der Waals surface area contributed by atoms with E-state index in [2.05, 4.69) is 22.1 Å². The first-order valence-electron chi connectivity index (χ1n) is 5.99. The molecule has 100 valence electrons. The first-order valence-corrected chi connectivity index (χ1v) is 6.98. The summed E-state index contributed by atoms with van der Waals surface area (Å²) >= 11 is 1.57. The number of hydrogen-bond acceptors (Lipinski definition) is 5. The Morgan fingerprint density at radius 3 is 3.05 bits per heavy atom. The van der Waals surface area contributed by atoms with E-state index in [0.29, 0.717) is 13.2 Å². The zero-order valence-corrected chi connectivity index (χ0v) is 11.6. The highest BCUT2D eigenvalue weighted by Gasteiger charge is 2.05. The van der Waals surface area contributed by atoms with Crippen LogP contribution in [0.25, 0.3) is 0 Å². The number of tetrazole rings is 1. The molecule has 1 aromatic carbocycles. The zero-order valence-electron chi connectivity index (χ0n) is 10.8. The molecule has 5 nitrogen and oxygen atoms in total. The number of rotatable bonds is 7. The van der Waals surface area contributed by atoms with Crippen molar-refractivity contribution in [1.29, 1.82) is 0 Å². The lowest BCUT2D eigenvalue weighted by atomic mass is 10.2. The van der Waals surface area contributed by atoms with Gasteiger partial charge in [0.2, 0.25) is 5.16 Å². The van der Waals surface area contributed by atoms with Crippen molar-refractivity contribution in [2.45, 2.75) is 18.6 Å². The molecule has 0 bridgehead atoms. The Balaban J connectivity index is 1.79. The van der Waals surface area contributed by atoms with Crippen LogP contribution in [0.4, 0.5) is 0 Å². The largest absolute Gasteiger partial charge is 0.492 e. The molecule has 0 radical (unpaired) electrons. The molecule has 1 heterocycles. The lowest BCUT2D eigenvalue weighted by Crippen LogP contribution is -2.04. The standard InChI is InChI=1S/C13H16N4OS/c1-3-8-17-13(14-15-16-17)19-10-9-18-12-7-5-4-6-11(12)2/h3-7H,1,8-10H2,2H3. The number of aryl methyl sites for hydroxylation is 1. The second-order valence-corrected chi connectivity index (χ2v) is 4.96. The van der Waals surface area contributed by atoms with Gasteiger partial charge in [-0.15, -0.1) is 11.7 Å². The molecule has 0 unspecified atom stereocenters. The van der Waals surface area contributed by atoms with Crippen molar-refractivity contribution in [1.82, 2.24) is 20.2 Å². The van der Waals surface area contributed by atoms with Gasteiger partial charge in [0.25, 0.3) is 0 Å². The fraction of sp³-hybridized carbons (Fsp3) is 0.308. The summed E-state index contributed by atoms with van der Waals surface area (Å²) in [6.45, 7) is 6.95. The average molecular weight is 276 g/mol. The van der Waals surface area contributed by atoms with Gasteiger partial charge in [0.1, 0.15) is 5.75 Å². The Labute approximate surface area is 116 Å². The molecule has 19 heavy (non-hydrogen) atoms. The van der Waals surface area contributed by atoms with Gasteiger partial charge < -0.3 is 4.74 Å². The monoisotopic (exact) mass is 276 g/mol. The minimum Gasteiger partial charge on any atom is -0.492 e. The number of aromatic nitrogens is 4. The van der Waals surface area contributed by atoms with Gasteiger partial charge in [-0.1, -0.05) is 36.0 Å². The van der Waals surface area contributed by atoms with E-state index in [1.165, 1.54) is 0 Å². The number of benzene rings is 1. The second kappa shape index (κ2) is 6.94. The Kier molecular flexibility index (Phi) is 4.97. The van der Waals surface area contributed by atoms with Gasteiger partial charge >= 0.3 is 0 Å². The number of hydrogen-bond donors (Lipinski definition) is 0. The quantitative estimate of drug-likeness (QED) is 0.441. The van der Waals surface area contributed by atoms with Gasteiger partial charge in [-0.3, -0.25) is 0 Å². The number of nitrogens with zero attached hydrogens (tertiary/aromatic N) is 4. The fourth-order valence-corrected chi connectivity index (χ4v) is 2.24. The molecule has 0 amide bonds. The third kappa shape index (κ3) is 3.82. The highest BCUT2D eigenvalue weighted by Crippen LogP contribution is 2.18. The van der Waals surface area contributed by atoms with Crippen LogP contribution >= 0.6 is 11.8 Å². The van der Waals surface area contributed by atoms with Gasteiger partial charge in [0, 0.05) is 5.75 Å². The van der Waals surface area contributed by atoms with E-state index in [1.807, 2.05) is 31.2 Å². The Morgan fingerprint density at radius 1 is 1.42 bits per heavy atom. The van der Waals surface area contributed by atoms with Crippen LogP contribution in [0.5, 0.6) is 5.75 Å². The van der Waals surface area contributed by atoms with Gasteiger partial charge in [-0.25, -0.2) is 4.68 Å². The van der Waals surface area contributed by atoms with E-state index in [4.69, 9.17) is 4.74 Å². The fourth-order valence-electron chi connectivity index (χ4n) is 1.54. The van der Waals surface area contributed by atoms with Crippen LogP contribution in [0.15, 0.2) is 42.1 Å². The highest BCUT2D eigenvalue weighted by molar-refractivity contribution is 7.99. The topological polar surface area (TPSA) is 52.8 Å². The van der Waals surface area contributed by atoms with Crippen molar-refractivity contribution in [3.8, 4) is 5.75 Å². The molecule has 0 saturated heterocycles. The lowest BCUT2D eigenvalue weighted by molar-refractivity contribution is 0.341. The first kappa shape index (κ1) is 13.6. The van der Waals surface area contributed by atoms with Crippen LogP contribution in [0.1, 0.15) is 5.56 Å². The Bertz CT molecular complexity index is 541. The van der Waals surface area contributed by atoms with Crippen molar-refractivity contribution in [2.24, 2.45) is 0 Å². The van der Waals surface area contributed by atoms with Crippen LogP contribution < -0.4 is 4.74 Å². The minimum absolute atomic E-state index is 0.619. The smallest absolute Gasteiger partial charge is 0.209 e. The summed E-state index contributed by atoms with van der Waals surface area (Å²) in [5.41, 5.74) is 1.14. The van der Waals surface area contributed by atoms with Crippen molar-refractivity contribution in [3.05, 3.63) is 42.5 Å². The van der Waals surface area contributed by atoms with Crippen LogP contribution in [-0.2, 0) is 6.54 Å². The molecule has 0 aliphatic carbocycles. The lowest BCUT2D eigenvalue weighted by Gasteiger charge is -2.08. The molecule has 0 aliphatic heterocycles. The van der Waals surface area contributed by atoms with E-state index in [0.717, 1.165) is 22.2 Å². The molecular formula is C13H16N4OS. The first-order chi connectivity index (χ1) is 9.31. The van der Waals surface area contributed by atoms with Crippen molar-refractivity contribution >= 4 is 11.8 Å². The Hall–Kier alpha value is -1.82. The van der Waals surface area contributed by atoms with E-state index in [-0.39, 0.29) is 0 Å². The van der Waals surface area contributed by atoms with E-state index < -0.39 is 0 Å². The van der Waals surface area contributed by atoms with Crippen molar-refractivity contribution in [3.63, 3.8) is 0 Å². The van der Waals surface area contributed by atoms with E-state index >= 15 is 0 Å². The van der Waals surface area contributed by atoms with Gasteiger partial charge in [0.15, 0.2) is 0 Å². The third-order valence-electron chi connectivity index (χ3n) is 2.47. The predicted molar refractivity (Wildman–Crippen MR) is 75.4 cm³/mol. The maximum Gasteiger partial charge on any atom is 0.209 e. The van der Waals surface area contributed by atoms with Gasteiger partial charge in [-0.2, -0.15) is 0 Å². The zero-order chi connectivity index (χ0) is 13.5. The predicted octanol–water partition coefficient (Wildman–Crippen LogP) is 2.34. The molecule has 6 heteroatoms. The highest BCUT2D eigenvalue weighted by atomic mass is 32.2. The second-order valence-electron chi connectivity index (χ2n) is 3.89. The van der Waals surface area contributed by atoms with Gasteiger partial charge in [0.05, 0.1) is 13.2 Å². The SMILES string of the molecule is C=CCn1nnnc1SCCOc1ccccc1C. The maximum atomic E-state index is 5.72. The molecule has 0 fully saturated rings. The number of para-hydroxylation sites is 1. The molecule has 0 spiro atoms.